The van der Waals surface area contributed by atoms with Crippen molar-refractivity contribution in [2.24, 2.45) is 7.05 Å². The Bertz CT molecular complexity index is 797. The third kappa shape index (κ3) is 2.49. The van der Waals surface area contributed by atoms with Crippen molar-refractivity contribution >= 4 is 16.7 Å². The summed E-state index contributed by atoms with van der Waals surface area (Å²) in [5, 5.41) is 1.20. The average Bonchev–Trinajstić information content (AvgIpc) is 3.04. The van der Waals surface area contributed by atoms with Crippen LogP contribution in [0.2, 0.25) is 0 Å². The predicted octanol–water partition coefficient (Wildman–Crippen LogP) is 3.59. The zero-order valence-electron chi connectivity index (χ0n) is 12.6. The van der Waals surface area contributed by atoms with E-state index in [1.807, 2.05) is 13.2 Å². The maximum atomic E-state index is 12.3. The number of carbonyl (C=O) groups is 1. The van der Waals surface area contributed by atoms with Gasteiger partial charge in [0.2, 0.25) is 0 Å². The van der Waals surface area contributed by atoms with Crippen molar-refractivity contribution < 1.29 is 4.79 Å². The molecule has 0 aliphatic carbocycles. The first kappa shape index (κ1) is 13.6. The smallest absolute Gasteiger partial charge is 0.198 e. The predicted molar refractivity (Wildman–Crippen MR) is 83.6 cm³/mol. The highest BCUT2D eigenvalue weighted by Crippen LogP contribution is 2.29. The molecule has 0 spiro atoms. The number of aryl methyl sites for hydroxylation is 2. The number of carbonyl (C=O) groups excluding carboxylic acids is 1. The first-order chi connectivity index (χ1) is 10.1. The lowest BCUT2D eigenvalue weighted by atomic mass is 9.94. The van der Waals surface area contributed by atoms with Crippen molar-refractivity contribution in [2.45, 2.75) is 26.2 Å². The second-order valence-electron chi connectivity index (χ2n) is 5.68. The van der Waals surface area contributed by atoms with Crippen LogP contribution in [0.5, 0.6) is 0 Å². The normalized spacial score (nSPS) is 12.7. The monoisotopic (exact) mass is 281 g/mol. The van der Waals surface area contributed by atoms with E-state index in [4.69, 9.17) is 0 Å². The van der Waals surface area contributed by atoms with Crippen LogP contribution in [-0.4, -0.2) is 20.3 Å². The number of rotatable bonds is 4. The van der Waals surface area contributed by atoms with Gasteiger partial charge in [0.05, 0.1) is 0 Å². The van der Waals surface area contributed by atoms with Crippen LogP contribution < -0.4 is 0 Å². The summed E-state index contributed by atoms with van der Waals surface area (Å²) in [7, 11) is 1.85. The summed E-state index contributed by atoms with van der Waals surface area (Å²) in [6.07, 6.45) is 5.94. The van der Waals surface area contributed by atoms with Crippen molar-refractivity contribution in [2.75, 3.05) is 0 Å². The lowest BCUT2D eigenvalue weighted by Gasteiger charge is -2.10. The standard InChI is InChI=1S/C17H19N3O/c1-11-4-5-15-13(8-11)14(10-19-15)12(2)9-16(21)17-18-6-7-20(17)3/h4-8,10,12,19H,9H2,1-3H3. The highest BCUT2D eigenvalue weighted by Gasteiger charge is 2.18. The number of hydrogen-bond acceptors (Lipinski definition) is 2. The Hall–Kier alpha value is -2.36. The van der Waals surface area contributed by atoms with E-state index in [1.165, 1.54) is 16.5 Å². The topological polar surface area (TPSA) is 50.7 Å². The van der Waals surface area contributed by atoms with Crippen LogP contribution in [0.25, 0.3) is 10.9 Å². The quantitative estimate of drug-likeness (QED) is 0.743. The Morgan fingerprint density at radius 3 is 2.95 bits per heavy atom. The van der Waals surface area contributed by atoms with Crippen molar-refractivity contribution in [3.63, 3.8) is 0 Å². The molecule has 108 valence electrons. The van der Waals surface area contributed by atoms with Crippen LogP contribution in [-0.2, 0) is 7.05 Å². The number of aromatic nitrogens is 3. The molecule has 1 aromatic carbocycles. The van der Waals surface area contributed by atoms with E-state index in [2.05, 4.69) is 42.0 Å². The Morgan fingerprint density at radius 1 is 1.43 bits per heavy atom. The van der Waals surface area contributed by atoms with E-state index in [9.17, 15) is 4.79 Å². The summed E-state index contributed by atoms with van der Waals surface area (Å²) in [5.74, 6) is 0.764. The van der Waals surface area contributed by atoms with Gasteiger partial charge in [0, 0.05) is 43.0 Å². The molecular formula is C17H19N3O. The minimum absolute atomic E-state index is 0.0806. The van der Waals surface area contributed by atoms with Crippen molar-refractivity contribution in [3.8, 4) is 0 Å². The fraction of sp³-hybridized carbons (Fsp3) is 0.294. The number of fused-ring (bicyclic) bond motifs is 1. The molecule has 3 aromatic rings. The van der Waals surface area contributed by atoms with Crippen LogP contribution >= 0.6 is 0 Å². The number of Topliss-reactive ketones (excluding diaryl/α,β-unsaturated/α-hetero) is 1. The minimum Gasteiger partial charge on any atom is -0.361 e. The number of H-pyrrole nitrogens is 1. The van der Waals surface area contributed by atoms with Crippen molar-refractivity contribution in [1.82, 2.24) is 14.5 Å². The molecule has 0 aliphatic heterocycles. The van der Waals surface area contributed by atoms with E-state index in [0.717, 1.165) is 5.52 Å². The number of nitrogens with one attached hydrogen (secondary N) is 1. The molecule has 1 unspecified atom stereocenters. The molecule has 4 nitrogen and oxygen atoms in total. The van der Waals surface area contributed by atoms with Crippen LogP contribution in [0.4, 0.5) is 0 Å². The minimum atomic E-state index is 0.0806. The number of hydrogen-bond donors (Lipinski definition) is 1. The van der Waals surface area contributed by atoms with E-state index in [1.54, 1.807) is 17.0 Å². The molecule has 1 N–H and O–H groups in total. The number of benzene rings is 1. The molecule has 2 aromatic heterocycles. The third-order valence-electron chi connectivity index (χ3n) is 3.96. The molecule has 0 bridgehead atoms. The van der Waals surface area contributed by atoms with Gasteiger partial charge in [0.25, 0.3) is 0 Å². The summed E-state index contributed by atoms with van der Waals surface area (Å²) >= 11 is 0. The number of ketones is 1. The number of nitrogens with zero attached hydrogens (tertiary/aromatic N) is 2. The molecule has 0 fully saturated rings. The molecule has 0 saturated heterocycles. The molecule has 0 saturated carbocycles. The zero-order chi connectivity index (χ0) is 15.0. The lowest BCUT2D eigenvalue weighted by molar-refractivity contribution is 0.0963. The van der Waals surface area contributed by atoms with Gasteiger partial charge in [-0.25, -0.2) is 4.98 Å². The summed E-state index contributed by atoms with van der Waals surface area (Å²) in [5.41, 5.74) is 3.54. The fourth-order valence-corrected chi connectivity index (χ4v) is 2.78. The van der Waals surface area contributed by atoms with Gasteiger partial charge in [-0.15, -0.1) is 0 Å². The molecule has 0 amide bonds. The number of imidazole rings is 1. The number of aromatic amines is 1. The van der Waals surface area contributed by atoms with Crippen LogP contribution in [0.3, 0.4) is 0 Å². The Balaban J connectivity index is 1.87. The van der Waals surface area contributed by atoms with Crippen LogP contribution in [0.15, 0.2) is 36.8 Å². The molecule has 21 heavy (non-hydrogen) atoms. The fourth-order valence-electron chi connectivity index (χ4n) is 2.78. The summed E-state index contributed by atoms with van der Waals surface area (Å²) in [6, 6.07) is 6.34. The highest BCUT2D eigenvalue weighted by atomic mass is 16.1. The SMILES string of the molecule is Cc1ccc2[nH]cc(C(C)CC(=O)c3nccn3C)c2c1. The average molecular weight is 281 g/mol. The van der Waals surface area contributed by atoms with Gasteiger partial charge >= 0.3 is 0 Å². The molecule has 3 rings (SSSR count). The van der Waals surface area contributed by atoms with Gasteiger partial charge in [-0.2, -0.15) is 0 Å². The second-order valence-corrected chi connectivity index (χ2v) is 5.68. The van der Waals surface area contributed by atoms with Crippen LogP contribution in [0, 0.1) is 6.92 Å². The largest absolute Gasteiger partial charge is 0.361 e. The van der Waals surface area contributed by atoms with E-state index in [0.29, 0.717) is 12.2 Å². The zero-order valence-corrected chi connectivity index (χ0v) is 12.6. The van der Waals surface area contributed by atoms with E-state index < -0.39 is 0 Å². The lowest BCUT2D eigenvalue weighted by Crippen LogP contribution is -2.10. The molecule has 2 heterocycles. The summed E-state index contributed by atoms with van der Waals surface area (Å²) in [4.78, 5) is 19.8. The Kier molecular flexibility index (Phi) is 3.37. The molecule has 1 atom stereocenters. The first-order valence-electron chi connectivity index (χ1n) is 7.14. The van der Waals surface area contributed by atoms with Gasteiger partial charge in [-0.3, -0.25) is 4.79 Å². The summed E-state index contributed by atoms with van der Waals surface area (Å²) < 4.78 is 1.77. The van der Waals surface area contributed by atoms with Crippen molar-refractivity contribution in [1.29, 1.82) is 0 Å². The molecule has 0 radical (unpaired) electrons. The molecule has 0 aliphatic rings. The van der Waals surface area contributed by atoms with Gasteiger partial charge < -0.3 is 9.55 Å². The summed E-state index contributed by atoms with van der Waals surface area (Å²) in [6.45, 7) is 4.17. The van der Waals surface area contributed by atoms with Gasteiger partial charge in [0.15, 0.2) is 11.6 Å². The maximum absolute atomic E-state index is 12.3. The molecular weight excluding hydrogens is 262 g/mol. The van der Waals surface area contributed by atoms with Crippen molar-refractivity contribution in [3.05, 3.63) is 53.7 Å². The Morgan fingerprint density at radius 2 is 2.24 bits per heavy atom. The highest BCUT2D eigenvalue weighted by molar-refractivity contribution is 5.94. The van der Waals surface area contributed by atoms with E-state index >= 15 is 0 Å². The third-order valence-corrected chi connectivity index (χ3v) is 3.96. The maximum Gasteiger partial charge on any atom is 0.198 e. The first-order valence-corrected chi connectivity index (χ1v) is 7.14. The van der Waals surface area contributed by atoms with E-state index in [-0.39, 0.29) is 11.7 Å². The molecule has 4 heteroatoms. The van der Waals surface area contributed by atoms with Crippen LogP contribution in [0.1, 0.15) is 41.0 Å². The van der Waals surface area contributed by atoms with Gasteiger partial charge in [0.1, 0.15) is 0 Å². The second kappa shape index (κ2) is 5.20. The van der Waals surface area contributed by atoms with Gasteiger partial charge in [-0.1, -0.05) is 18.6 Å². The van der Waals surface area contributed by atoms with Gasteiger partial charge in [-0.05, 0) is 30.5 Å². The Labute approximate surface area is 123 Å².